The van der Waals surface area contributed by atoms with Crippen molar-refractivity contribution in [3.8, 4) is 11.5 Å². The van der Waals surface area contributed by atoms with Gasteiger partial charge in [-0.3, -0.25) is 4.79 Å². The molecule has 1 amide bonds. The number of esters is 2. The van der Waals surface area contributed by atoms with Gasteiger partial charge in [0.1, 0.15) is 11.5 Å². The molecule has 7 heteroatoms. The first-order chi connectivity index (χ1) is 13.9. The van der Waals surface area contributed by atoms with Crippen LogP contribution in [0.2, 0.25) is 0 Å². The minimum absolute atomic E-state index is 0.0590. The first kappa shape index (κ1) is 21.9. The van der Waals surface area contributed by atoms with E-state index < -0.39 is 23.4 Å². The number of carbonyl (C=O) groups is 3. The third-order valence-corrected chi connectivity index (χ3v) is 4.01. The summed E-state index contributed by atoms with van der Waals surface area (Å²) in [6.45, 7) is 4.59. The molecule has 0 atom stereocenters. The van der Waals surface area contributed by atoms with Crippen LogP contribution in [-0.2, 0) is 30.3 Å². The van der Waals surface area contributed by atoms with E-state index in [-0.39, 0.29) is 19.6 Å². The monoisotopic (exact) mass is 399 g/mol. The summed E-state index contributed by atoms with van der Waals surface area (Å²) < 4.78 is 15.9. The van der Waals surface area contributed by atoms with Crippen LogP contribution in [0, 0.1) is 0 Å². The fourth-order valence-electron chi connectivity index (χ4n) is 2.79. The van der Waals surface area contributed by atoms with E-state index in [1.54, 1.807) is 38.1 Å². The number of hydrogen-bond donors (Lipinski definition) is 1. The lowest BCUT2D eigenvalue weighted by molar-refractivity contribution is -0.168. The van der Waals surface area contributed by atoms with Gasteiger partial charge in [0.2, 0.25) is 11.4 Å². The van der Waals surface area contributed by atoms with Crippen molar-refractivity contribution in [1.29, 1.82) is 0 Å². The molecule has 0 saturated heterocycles. The molecule has 154 valence electrons. The smallest absolute Gasteiger partial charge is 0.344 e. The second-order valence-electron chi connectivity index (χ2n) is 6.26. The lowest BCUT2D eigenvalue weighted by Crippen LogP contribution is -2.62. The van der Waals surface area contributed by atoms with Gasteiger partial charge in [-0.05, 0) is 43.7 Å². The maximum absolute atomic E-state index is 12.7. The van der Waals surface area contributed by atoms with Crippen molar-refractivity contribution < 1.29 is 28.6 Å². The van der Waals surface area contributed by atoms with Crippen molar-refractivity contribution in [2.45, 2.75) is 32.7 Å². The molecule has 0 aromatic heterocycles. The molecule has 2 aromatic rings. The second-order valence-corrected chi connectivity index (χ2v) is 6.26. The number of carbonyl (C=O) groups excluding carboxylic acids is 3. The third-order valence-electron chi connectivity index (χ3n) is 4.01. The van der Waals surface area contributed by atoms with E-state index in [2.05, 4.69) is 5.32 Å². The van der Waals surface area contributed by atoms with E-state index in [4.69, 9.17) is 14.2 Å². The maximum Gasteiger partial charge on any atom is 0.344 e. The Morgan fingerprint density at radius 2 is 1.34 bits per heavy atom. The van der Waals surface area contributed by atoms with Gasteiger partial charge in [-0.15, -0.1) is 0 Å². The quantitative estimate of drug-likeness (QED) is 0.515. The summed E-state index contributed by atoms with van der Waals surface area (Å²) in [7, 11) is 0. The molecule has 0 aliphatic carbocycles. The van der Waals surface area contributed by atoms with Crippen LogP contribution in [-0.4, -0.2) is 36.6 Å². The number of para-hydroxylation sites is 1. The zero-order valence-corrected chi connectivity index (χ0v) is 16.8. The highest BCUT2D eigenvalue weighted by Gasteiger charge is 2.50. The average Bonchev–Trinajstić information content (AvgIpc) is 2.69. The van der Waals surface area contributed by atoms with Crippen molar-refractivity contribution in [3.63, 3.8) is 0 Å². The topological polar surface area (TPSA) is 90.9 Å². The minimum atomic E-state index is -1.96. The van der Waals surface area contributed by atoms with Crippen LogP contribution >= 0.6 is 0 Å². The Morgan fingerprint density at radius 1 is 0.828 bits per heavy atom. The summed E-state index contributed by atoms with van der Waals surface area (Å²) >= 11 is 0. The minimum Gasteiger partial charge on any atom is -0.464 e. The number of ether oxygens (including phenoxy) is 3. The normalized spacial score (nSPS) is 10.7. The van der Waals surface area contributed by atoms with Crippen LogP contribution in [0.3, 0.4) is 0 Å². The Hall–Kier alpha value is -3.35. The molecule has 0 bridgehead atoms. The van der Waals surface area contributed by atoms with Crippen molar-refractivity contribution in [3.05, 3.63) is 60.2 Å². The molecule has 0 spiro atoms. The second kappa shape index (κ2) is 10.3. The predicted octanol–water partition coefficient (Wildman–Crippen LogP) is 3.02. The summed E-state index contributed by atoms with van der Waals surface area (Å²) in [6.07, 6.45) is -0.115. The van der Waals surface area contributed by atoms with Crippen molar-refractivity contribution in [1.82, 2.24) is 5.32 Å². The molecule has 0 aliphatic heterocycles. The summed E-state index contributed by atoms with van der Waals surface area (Å²) in [6, 6.07) is 16.2. The van der Waals surface area contributed by atoms with E-state index in [1.165, 1.54) is 6.92 Å². The van der Waals surface area contributed by atoms with Gasteiger partial charge in [-0.25, -0.2) is 9.59 Å². The van der Waals surface area contributed by atoms with Crippen molar-refractivity contribution in [2.75, 3.05) is 13.2 Å². The molecule has 0 fully saturated rings. The number of nitrogens with one attached hydrogen (secondary N) is 1. The molecule has 7 nitrogen and oxygen atoms in total. The molecule has 29 heavy (non-hydrogen) atoms. The summed E-state index contributed by atoms with van der Waals surface area (Å²) in [5.41, 5.74) is -1.33. The molecule has 0 aliphatic rings. The molecular weight excluding hydrogens is 374 g/mol. The lowest BCUT2D eigenvalue weighted by atomic mass is 9.90. The molecular formula is C22H25NO6. The molecule has 0 unspecified atom stereocenters. The molecule has 2 aromatic carbocycles. The highest BCUT2D eigenvalue weighted by molar-refractivity contribution is 6.08. The van der Waals surface area contributed by atoms with Gasteiger partial charge in [0.15, 0.2) is 0 Å². The Kier molecular flexibility index (Phi) is 7.77. The van der Waals surface area contributed by atoms with Crippen LogP contribution in [0.4, 0.5) is 0 Å². The van der Waals surface area contributed by atoms with Crippen LogP contribution in [0.1, 0.15) is 26.3 Å². The van der Waals surface area contributed by atoms with Gasteiger partial charge in [0, 0.05) is 13.3 Å². The summed E-state index contributed by atoms with van der Waals surface area (Å²) in [5.74, 6) is -0.991. The van der Waals surface area contributed by atoms with Gasteiger partial charge >= 0.3 is 11.9 Å². The van der Waals surface area contributed by atoms with E-state index in [1.807, 2.05) is 30.3 Å². The summed E-state index contributed by atoms with van der Waals surface area (Å²) in [5, 5.41) is 2.45. The summed E-state index contributed by atoms with van der Waals surface area (Å²) in [4.78, 5) is 37.1. The maximum atomic E-state index is 12.7. The van der Waals surface area contributed by atoms with E-state index in [0.717, 1.165) is 0 Å². The van der Waals surface area contributed by atoms with Gasteiger partial charge in [0.25, 0.3) is 0 Å². The largest absolute Gasteiger partial charge is 0.464 e. The fourth-order valence-corrected chi connectivity index (χ4v) is 2.79. The molecule has 1 N–H and O–H groups in total. The Labute approximate surface area is 170 Å². The number of amides is 1. The Morgan fingerprint density at radius 3 is 1.83 bits per heavy atom. The molecule has 0 radical (unpaired) electrons. The van der Waals surface area contributed by atoms with Crippen LogP contribution in [0.25, 0.3) is 0 Å². The zero-order valence-electron chi connectivity index (χ0n) is 16.8. The number of rotatable bonds is 9. The van der Waals surface area contributed by atoms with E-state index in [0.29, 0.717) is 17.1 Å². The van der Waals surface area contributed by atoms with Crippen LogP contribution in [0.5, 0.6) is 11.5 Å². The predicted molar refractivity (Wildman–Crippen MR) is 106 cm³/mol. The Balaban J connectivity index is 2.30. The van der Waals surface area contributed by atoms with Gasteiger partial charge in [0.05, 0.1) is 13.2 Å². The molecule has 0 saturated carbocycles. The van der Waals surface area contributed by atoms with Crippen molar-refractivity contribution >= 4 is 17.8 Å². The highest BCUT2D eigenvalue weighted by Crippen LogP contribution is 2.24. The molecule has 2 rings (SSSR count). The Bertz CT molecular complexity index is 814. The lowest BCUT2D eigenvalue weighted by Gasteiger charge is -2.29. The number of benzene rings is 2. The van der Waals surface area contributed by atoms with Crippen LogP contribution in [0.15, 0.2) is 54.6 Å². The SMILES string of the molecule is CCOC(=O)C(Cc1ccc(Oc2ccccc2)cc1)(NC(C)=O)C(=O)OCC. The zero-order chi connectivity index (χ0) is 21.3. The fraction of sp³-hybridized carbons (Fsp3) is 0.318. The first-order valence-corrected chi connectivity index (χ1v) is 9.36. The average molecular weight is 399 g/mol. The van der Waals surface area contributed by atoms with Crippen LogP contribution < -0.4 is 10.1 Å². The van der Waals surface area contributed by atoms with E-state index >= 15 is 0 Å². The molecule has 0 heterocycles. The van der Waals surface area contributed by atoms with E-state index in [9.17, 15) is 14.4 Å². The first-order valence-electron chi connectivity index (χ1n) is 9.36. The van der Waals surface area contributed by atoms with Gasteiger partial charge in [-0.2, -0.15) is 0 Å². The van der Waals surface area contributed by atoms with Gasteiger partial charge < -0.3 is 19.5 Å². The van der Waals surface area contributed by atoms with Crippen molar-refractivity contribution in [2.24, 2.45) is 0 Å². The third kappa shape index (κ3) is 5.81. The highest BCUT2D eigenvalue weighted by atomic mass is 16.6. The standard InChI is InChI=1S/C22H25NO6/c1-4-27-20(25)22(23-16(3)24,21(26)28-5-2)15-17-11-13-19(14-12-17)29-18-9-7-6-8-10-18/h6-14H,4-5,15H2,1-3H3,(H,23,24). The van der Waals surface area contributed by atoms with Gasteiger partial charge in [-0.1, -0.05) is 30.3 Å². The number of hydrogen-bond acceptors (Lipinski definition) is 6.